The molecule has 0 radical (unpaired) electrons. The summed E-state index contributed by atoms with van der Waals surface area (Å²) >= 11 is 7.24. The van der Waals surface area contributed by atoms with Crippen LogP contribution in [-0.2, 0) is 5.88 Å². The van der Waals surface area contributed by atoms with Gasteiger partial charge in [0, 0.05) is 31.6 Å². The smallest absolute Gasteiger partial charge is 0.407 e. The van der Waals surface area contributed by atoms with Gasteiger partial charge < -0.3 is 14.9 Å². The number of carboxylic acid groups (broad SMARTS) is 1. The summed E-state index contributed by atoms with van der Waals surface area (Å²) in [6.45, 7) is 2.46. The molecule has 0 atom stereocenters. The number of thiazole rings is 1. The molecule has 1 N–H and O–H groups in total. The Bertz CT molecular complexity index is 377. The molecule has 0 aromatic carbocycles. The molecule has 2 heterocycles. The van der Waals surface area contributed by atoms with Crippen LogP contribution in [0.5, 0.6) is 0 Å². The first kappa shape index (κ1) is 11.5. The Morgan fingerprint density at radius 3 is 2.69 bits per heavy atom. The number of amides is 1. The molecule has 1 aromatic rings. The van der Waals surface area contributed by atoms with E-state index in [-0.39, 0.29) is 0 Å². The van der Waals surface area contributed by atoms with Crippen molar-refractivity contribution in [3.05, 3.63) is 11.1 Å². The Morgan fingerprint density at radius 1 is 1.50 bits per heavy atom. The summed E-state index contributed by atoms with van der Waals surface area (Å²) in [5, 5.41) is 11.7. The quantitative estimate of drug-likeness (QED) is 0.823. The second-order valence-electron chi connectivity index (χ2n) is 3.51. The summed E-state index contributed by atoms with van der Waals surface area (Å²) in [6, 6.07) is 0. The van der Waals surface area contributed by atoms with E-state index >= 15 is 0 Å². The van der Waals surface area contributed by atoms with Crippen LogP contribution in [0.25, 0.3) is 0 Å². The third kappa shape index (κ3) is 2.38. The molecule has 1 aliphatic heterocycles. The lowest BCUT2D eigenvalue weighted by molar-refractivity contribution is 0.142. The SMILES string of the molecule is O=C(O)N1CCN(c2nc(CCl)cs2)CC1. The second-order valence-corrected chi connectivity index (χ2v) is 4.62. The summed E-state index contributed by atoms with van der Waals surface area (Å²) in [7, 11) is 0. The number of rotatable bonds is 2. The summed E-state index contributed by atoms with van der Waals surface area (Å²) in [4.78, 5) is 18.6. The van der Waals surface area contributed by atoms with E-state index in [2.05, 4.69) is 9.88 Å². The molecule has 1 fully saturated rings. The van der Waals surface area contributed by atoms with Gasteiger partial charge in [-0.3, -0.25) is 0 Å². The molecule has 0 spiro atoms. The number of aromatic nitrogens is 1. The van der Waals surface area contributed by atoms with Crippen molar-refractivity contribution in [2.24, 2.45) is 0 Å². The van der Waals surface area contributed by atoms with E-state index in [0.29, 0.717) is 32.1 Å². The average molecular weight is 262 g/mol. The van der Waals surface area contributed by atoms with Gasteiger partial charge in [0.1, 0.15) is 0 Å². The predicted octanol–water partition coefficient (Wildman–Crippen LogP) is 1.68. The zero-order valence-electron chi connectivity index (χ0n) is 8.60. The maximum absolute atomic E-state index is 10.7. The first-order valence-electron chi connectivity index (χ1n) is 4.94. The van der Waals surface area contributed by atoms with Crippen LogP contribution >= 0.6 is 22.9 Å². The van der Waals surface area contributed by atoms with Crippen molar-refractivity contribution < 1.29 is 9.90 Å². The molecule has 1 saturated heterocycles. The predicted molar refractivity (Wildman–Crippen MR) is 63.5 cm³/mol. The molecule has 0 bridgehead atoms. The van der Waals surface area contributed by atoms with Crippen LogP contribution in [0.2, 0.25) is 0 Å². The van der Waals surface area contributed by atoms with Crippen LogP contribution in [0.3, 0.4) is 0 Å². The largest absolute Gasteiger partial charge is 0.465 e. The Kier molecular flexibility index (Phi) is 3.50. The normalized spacial score (nSPS) is 16.6. The molecule has 16 heavy (non-hydrogen) atoms. The minimum Gasteiger partial charge on any atom is -0.465 e. The van der Waals surface area contributed by atoms with E-state index in [4.69, 9.17) is 16.7 Å². The zero-order chi connectivity index (χ0) is 11.5. The number of halogens is 1. The van der Waals surface area contributed by atoms with Crippen molar-refractivity contribution in [1.82, 2.24) is 9.88 Å². The molecule has 0 aliphatic carbocycles. The number of hydrogen-bond acceptors (Lipinski definition) is 4. The molecule has 7 heteroatoms. The molecule has 0 saturated carbocycles. The minimum absolute atomic E-state index is 0.422. The van der Waals surface area contributed by atoms with Crippen LogP contribution in [0.15, 0.2) is 5.38 Å². The van der Waals surface area contributed by atoms with E-state index in [1.165, 1.54) is 4.90 Å². The summed E-state index contributed by atoms with van der Waals surface area (Å²) in [5.74, 6) is 0.422. The summed E-state index contributed by atoms with van der Waals surface area (Å²) in [5.41, 5.74) is 0.877. The van der Waals surface area contributed by atoms with Gasteiger partial charge in [0.15, 0.2) is 5.13 Å². The third-order valence-electron chi connectivity index (χ3n) is 2.50. The molecule has 2 rings (SSSR count). The molecule has 88 valence electrons. The lowest BCUT2D eigenvalue weighted by atomic mass is 10.3. The van der Waals surface area contributed by atoms with Gasteiger partial charge in [0.05, 0.1) is 11.6 Å². The molecular weight excluding hydrogens is 250 g/mol. The Balaban J connectivity index is 1.96. The average Bonchev–Trinajstić information content (AvgIpc) is 2.77. The van der Waals surface area contributed by atoms with Crippen LogP contribution in [0.1, 0.15) is 5.69 Å². The van der Waals surface area contributed by atoms with E-state index in [0.717, 1.165) is 10.8 Å². The molecule has 1 aromatic heterocycles. The van der Waals surface area contributed by atoms with E-state index < -0.39 is 6.09 Å². The molecule has 1 amide bonds. The maximum atomic E-state index is 10.7. The van der Waals surface area contributed by atoms with Crippen molar-refractivity contribution in [2.45, 2.75) is 5.88 Å². The molecule has 0 unspecified atom stereocenters. The van der Waals surface area contributed by atoms with Gasteiger partial charge in [-0.2, -0.15) is 0 Å². The Hall–Kier alpha value is -1.01. The van der Waals surface area contributed by atoms with Crippen molar-refractivity contribution in [2.75, 3.05) is 31.1 Å². The van der Waals surface area contributed by atoms with Crippen molar-refractivity contribution in [3.8, 4) is 0 Å². The van der Waals surface area contributed by atoms with Gasteiger partial charge >= 0.3 is 6.09 Å². The fourth-order valence-corrected chi connectivity index (χ4v) is 2.70. The number of anilines is 1. The number of piperazine rings is 1. The van der Waals surface area contributed by atoms with E-state index in [1.54, 1.807) is 11.3 Å². The van der Waals surface area contributed by atoms with Gasteiger partial charge in [0.2, 0.25) is 0 Å². The van der Waals surface area contributed by atoms with Crippen LogP contribution in [-0.4, -0.2) is 47.3 Å². The molecule has 5 nitrogen and oxygen atoms in total. The topological polar surface area (TPSA) is 56.7 Å². The molecule has 1 aliphatic rings. The fraction of sp³-hybridized carbons (Fsp3) is 0.556. The number of nitrogens with zero attached hydrogens (tertiary/aromatic N) is 3. The van der Waals surface area contributed by atoms with Gasteiger partial charge in [-0.1, -0.05) is 0 Å². The van der Waals surface area contributed by atoms with Crippen molar-refractivity contribution >= 4 is 34.2 Å². The highest BCUT2D eigenvalue weighted by molar-refractivity contribution is 7.13. The standard InChI is InChI=1S/C9H12ClN3O2S/c10-5-7-6-16-8(11-7)12-1-3-13(4-2-12)9(14)15/h6H,1-5H2,(H,14,15). The first-order chi connectivity index (χ1) is 7.70. The maximum Gasteiger partial charge on any atom is 0.407 e. The summed E-state index contributed by atoms with van der Waals surface area (Å²) < 4.78 is 0. The number of alkyl halides is 1. The monoisotopic (exact) mass is 261 g/mol. The van der Waals surface area contributed by atoms with Crippen molar-refractivity contribution in [1.29, 1.82) is 0 Å². The lowest BCUT2D eigenvalue weighted by Crippen LogP contribution is -2.48. The highest BCUT2D eigenvalue weighted by atomic mass is 35.5. The zero-order valence-corrected chi connectivity index (χ0v) is 10.2. The van der Waals surface area contributed by atoms with Crippen LogP contribution < -0.4 is 4.90 Å². The van der Waals surface area contributed by atoms with Gasteiger partial charge in [-0.15, -0.1) is 22.9 Å². The molecular formula is C9H12ClN3O2S. The van der Waals surface area contributed by atoms with Gasteiger partial charge in [-0.25, -0.2) is 9.78 Å². The van der Waals surface area contributed by atoms with E-state index in [9.17, 15) is 4.79 Å². The summed E-state index contributed by atoms with van der Waals surface area (Å²) in [6.07, 6.45) is -0.847. The first-order valence-corrected chi connectivity index (χ1v) is 6.35. The van der Waals surface area contributed by atoms with E-state index in [1.807, 2.05) is 5.38 Å². The highest BCUT2D eigenvalue weighted by Crippen LogP contribution is 2.22. The second kappa shape index (κ2) is 4.88. The van der Waals surface area contributed by atoms with Crippen LogP contribution in [0.4, 0.5) is 9.93 Å². The third-order valence-corrected chi connectivity index (χ3v) is 3.72. The lowest BCUT2D eigenvalue weighted by Gasteiger charge is -2.32. The van der Waals surface area contributed by atoms with Crippen molar-refractivity contribution in [3.63, 3.8) is 0 Å². The number of carbonyl (C=O) groups is 1. The van der Waals surface area contributed by atoms with Gasteiger partial charge in [-0.05, 0) is 0 Å². The fourth-order valence-electron chi connectivity index (χ4n) is 1.59. The van der Waals surface area contributed by atoms with Gasteiger partial charge in [0.25, 0.3) is 0 Å². The Morgan fingerprint density at radius 2 is 2.19 bits per heavy atom. The van der Waals surface area contributed by atoms with Crippen LogP contribution in [0, 0.1) is 0 Å². The minimum atomic E-state index is -0.847. The Labute approximate surface area is 102 Å². The highest BCUT2D eigenvalue weighted by Gasteiger charge is 2.21. The number of hydrogen-bond donors (Lipinski definition) is 1.